The van der Waals surface area contributed by atoms with E-state index in [0.717, 1.165) is 26.1 Å². The highest BCUT2D eigenvalue weighted by Gasteiger charge is 2.30. The van der Waals surface area contributed by atoms with Crippen molar-refractivity contribution in [1.29, 1.82) is 0 Å². The van der Waals surface area contributed by atoms with E-state index in [4.69, 9.17) is 13.0 Å². The summed E-state index contributed by atoms with van der Waals surface area (Å²) in [5.74, 6) is -0.186. The van der Waals surface area contributed by atoms with Gasteiger partial charge in [0.25, 0.3) is 0 Å². The molecule has 1 fully saturated rings. The Balaban J connectivity index is 1.63. The molecule has 0 aliphatic carbocycles. The summed E-state index contributed by atoms with van der Waals surface area (Å²) in [7, 11) is 0. The first-order valence-corrected chi connectivity index (χ1v) is 11.9. The van der Waals surface area contributed by atoms with Crippen LogP contribution >= 0.6 is 11.8 Å². The van der Waals surface area contributed by atoms with Gasteiger partial charge in [0.15, 0.2) is 0 Å². The number of fused-ring (bicyclic) bond motifs is 1. The molecule has 170 valence electrons. The molecule has 2 aliphatic heterocycles. The molecule has 0 amide bonds. The van der Waals surface area contributed by atoms with E-state index in [9.17, 15) is 10.2 Å². The Bertz CT molecular complexity index is 1410. The summed E-state index contributed by atoms with van der Waals surface area (Å²) in [4.78, 5) is 2.90. The molecule has 0 bridgehead atoms. The van der Waals surface area contributed by atoms with E-state index < -0.39 is 13.0 Å². The maximum absolute atomic E-state index is 10.2. The van der Waals surface area contributed by atoms with Gasteiger partial charge < -0.3 is 19.8 Å². The second-order valence-electron chi connectivity index (χ2n) is 8.34. The first-order chi connectivity index (χ1) is 18.5. The minimum Gasteiger partial charge on any atom is -0.508 e. The van der Waals surface area contributed by atoms with E-state index in [2.05, 4.69) is 11.8 Å². The monoisotopic (exact) mass is 465 g/mol. The van der Waals surface area contributed by atoms with Crippen molar-refractivity contribution in [2.24, 2.45) is 0 Å². The zero-order chi connectivity index (χ0) is 28.1. The number of phenolic OH excluding ortho intramolecular Hbond substituents is 2. The number of likely N-dealkylation sites (tertiary alicyclic amines) is 1. The van der Waals surface area contributed by atoms with Gasteiger partial charge in [0.1, 0.15) is 23.4 Å². The fraction of sp³-hybridized carbons (Fsp3) is 0.286. The minimum atomic E-state index is -2.66. The van der Waals surface area contributed by atoms with Gasteiger partial charge in [-0.05, 0) is 72.8 Å². The topological polar surface area (TPSA) is 52.9 Å². The van der Waals surface area contributed by atoms with Crippen LogP contribution in [0.25, 0.3) is 11.1 Å². The molecule has 0 aromatic heterocycles. The van der Waals surface area contributed by atoms with Crippen molar-refractivity contribution in [3.8, 4) is 17.2 Å². The number of phenols is 2. The van der Waals surface area contributed by atoms with E-state index in [1.54, 1.807) is 24.3 Å². The molecule has 0 radical (unpaired) electrons. The van der Waals surface area contributed by atoms with Gasteiger partial charge in [-0.15, -0.1) is 11.8 Å². The van der Waals surface area contributed by atoms with Gasteiger partial charge in [0, 0.05) is 44.6 Å². The normalized spacial score (nSPS) is 21.5. The highest BCUT2D eigenvalue weighted by molar-refractivity contribution is 8.00. The third-order valence-electron chi connectivity index (χ3n) is 5.89. The van der Waals surface area contributed by atoms with E-state index >= 15 is 0 Å². The SMILES string of the molecule is [2H]c1cc(C2Oc3cc(O)cc([2H])c3C(C([2H])([2H])[2H])=C2c2ccc(O)cc2)cc([2H])c1SC1CN(CCC)C1. The Morgan fingerprint density at radius 2 is 1.82 bits per heavy atom. The number of hydrogen-bond acceptors (Lipinski definition) is 5. The van der Waals surface area contributed by atoms with Gasteiger partial charge in [-0.1, -0.05) is 31.2 Å². The number of ether oxygens (including phenoxy) is 1. The van der Waals surface area contributed by atoms with Crippen molar-refractivity contribution in [3.63, 3.8) is 0 Å². The maximum atomic E-state index is 10.2. The van der Waals surface area contributed by atoms with Crippen molar-refractivity contribution in [2.45, 2.75) is 36.4 Å². The third-order valence-corrected chi connectivity index (χ3v) is 6.99. The van der Waals surface area contributed by atoms with Crippen LogP contribution in [0.5, 0.6) is 17.2 Å². The van der Waals surface area contributed by atoms with Gasteiger partial charge in [-0.2, -0.15) is 0 Å². The molecule has 0 saturated carbocycles. The van der Waals surface area contributed by atoms with Crippen molar-refractivity contribution < 1.29 is 23.2 Å². The fourth-order valence-corrected chi connectivity index (χ4v) is 5.40. The number of nitrogens with zero attached hydrogens (tertiary/aromatic N) is 1. The Morgan fingerprint density at radius 1 is 1.06 bits per heavy atom. The molecule has 1 saturated heterocycles. The smallest absolute Gasteiger partial charge is 0.150 e. The van der Waals surface area contributed by atoms with Gasteiger partial charge >= 0.3 is 0 Å². The van der Waals surface area contributed by atoms with Crippen molar-refractivity contribution >= 4 is 22.9 Å². The lowest BCUT2D eigenvalue weighted by Crippen LogP contribution is -2.48. The van der Waals surface area contributed by atoms with Crippen LogP contribution in [0, 0.1) is 0 Å². The highest BCUT2D eigenvalue weighted by atomic mass is 32.2. The number of allylic oxidation sites excluding steroid dienone is 1. The van der Waals surface area contributed by atoms with Crippen molar-refractivity contribution in [2.75, 3.05) is 19.6 Å². The van der Waals surface area contributed by atoms with E-state index in [1.807, 2.05) is 0 Å². The lowest BCUT2D eigenvalue weighted by Gasteiger charge is -2.38. The summed E-state index contributed by atoms with van der Waals surface area (Å²) < 4.78 is 57.4. The van der Waals surface area contributed by atoms with Gasteiger partial charge in [0.05, 0.1) is 4.11 Å². The summed E-state index contributed by atoms with van der Waals surface area (Å²) in [5, 5.41) is 20.3. The summed E-state index contributed by atoms with van der Waals surface area (Å²) >= 11 is 1.52. The number of rotatable bonds is 6. The molecule has 2 heterocycles. The molecular formula is C28H29NO3S. The Kier molecular flexibility index (Phi) is 4.40. The summed E-state index contributed by atoms with van der Waals surface area (Å²) in [5.41, 5.74) is 1.09. The Morgan fingerprint density at radius 3 is 2.52 bits per heavy atom. The first kappa shape index (κ1) is 15.9. The van der Waals surface area contributed by atoms with Crippen molar-refractivity contribution in [1.82, 2.24) is 4.90 Å². The number of hydrogen-bond donors (Lipinski definition) is 2. The average Bonchev–Trinajstić information content (AvgIpc) is 2.83. The van der Waals surface area contributed by atoms with Crippen LogP contribution in [-0.2, 0) is 0 Å². The lowest BCUT2D eigenvalue weighted by molar-refractivity contribution is 0.191. The quantitative estimate of drug-likeness (QED) is 0.444. The molecule has 3 aromatic rings. The third kappa shape index (κ3) is 4.48. The van der Waals surface area contributed by atoms with Crippen LogP contribution in [0.4, 0.5) is 0 Å². The maximum Gasteiger partial charge on any atom is 0.150 e. The number of thioether (sulfide) groups is 1. The molecule has 1 unspecified atom stereocenters. The summed E-state index contributed by atoms with van der Waals surface area (Å²) in [6.45, 7) is 2.34. The van der Waals surface area contributed by atoms with Crippen LogP contribution in [-0.4, -0.2) is 40.0 Å². The standard InChI is InChI=1S/C28H29NO3S/c1-3-14-29-16-24(17-29)33-23-11-6-20(7-12-23)28-27(19-4-8-21(30)9-5-19)18(2)25-13-10-22(31)15-26(25)32-28/h4-13,15,24,28,30-31H,3,14,16-17H2,1-2H3/i2D3,11D,12D,13D. The van der Waals surface area contributed by atoms with E-state index in [-0.39, 0.29) is 52.1 Å². The number of benzene rings is 3. The van der Waals surface area contributed by atoms with Gasteiger partial charge in [0.2, 0.25) is 0 Å². The summed E-state index contributed by atoms with van der Waals surface area (Å²) in [6, 6.07) is 11.8. The van der Waals surface area contributed by atoms with Crippen LogP contribution in [0.3, 0.4) is 0 Å². The zero-order valence-corrected chi connectivity index (χ0v) is 19.1. The van der Waals surface area contributed by atoms with Gasteiger partial charge in [-0.25, -0.2) is 0 Å². The fourth-order valence-electron chi connectivity index (χ4n) is 4.24. The van der Waals surface area contributed by atoms with Crippen molar-refractivity contribution in [3.05, 3.63) is 83.3 Å². The molecule has 4 nitrogen and oxygen atoms in total. The molecule has 3 aromatic carbocycles. The van der Waals surface area contributed by atoms with Gasteiger partial charge in [-0.3, -0.25) is 0 Å². The Hall–Kier alpha value is -2.89. The Labute approximate surface area is 208 Å². The predicted molar refractivity (Wildman–Crippen MR) is 135 cm³/mol. The van der Waals surface area contributed by atoms with Crippen LogP contribution in [0.1, 0.15) is 51.2 Å². The molecule has 5 heteroatoms. The van der Waals surface area contributed by atoms with Crippen LogP contribution in [0.2, 0.25) is 0 Å². The minimum absolute atomic E-state index is 0.00586. The molecule has 0 spiro atoms. The second-order valence-corrected chi connectivity index (χ2v) is 9.65. The van der Waals surface area contributed by atoms with Crippen LogP contribution in [0.15, 0.2) is 71.6 Å². The lowest BCUT2D eigenvalue weighted by atomic mass is 9.86. The first-order valence-electron chi connectivity index (χ1n) is 14.0. The molecular weight excluding hydrogens is 430 g/mol. The molecule has 1 atom stereocenters. The molecule has 33 heavy (non-hydrogen) atoms. The predicted octanol–water partition coefficient (Wildman–Crippen LogP) is 6.35. The highest BCUT2D eigenvalue weighted by Crippen LogP contribution is 2.47. The molecule has 2 N–H and O–H groups in total. The van der Waals surface area contributed by atoms with E-state index in [0.29, 0.717) is 21.3 Å². The summed E-state index contributed by atoms with van der Waals surface area (Å²) in [6.07, 6.45) is 0.0492. The zero-order valence-electron chi connectivity index (χ0n) is 24.3. The second kappa shape index (κ2) is 9.16. The number of aromatic hydroxyl groups is 2. The molecule has 5 rings (SSSR count). The largest absolute Gasteiger partial charge is 0.508 e. The van der Waals surface area contributed by atoms with Crippen LogP contribution < -0.4 is 4.74 Å². The van der Waals surface area contributed by atoms with E-state index in [1.165, 1.54) is 36.0 Å². The molecule has 2 aliphatic rings. The average molecular weight is 466 g/mol.